The number of para-hydroxylation sites is 2. The van der Waals surface area contributed by atoms with Crippen LogP contribution in [-0.2, 0) is 6.18 Å². The van der Waals surface area contributed by atoms with Crippen LogP contribution in [0.5, 0.6) is 0 Å². The van der Waals surface area contributed by atoms with Crippen LogP contribution in [0, 0.1) is 0 Å². The molecular weight excluding hydrogens is 369 g/mol. The summed E-state index contributed by atoms with van der Waals surface area (Å²) in [5, 5.41) is 0. The number of furan rings is 1. The van der Waals surface area contributed by atoms with Crippen molar-refractivity contribution in [2.24, 2.45) is 0 Å². The number of hydrogen-bond donors (Lipinski definition) is 0. The number of imidazole rings is 1. The van der Waals surface area contributed by atoms with E-state index in [9.17, 15) is 13.2 Å². The van der Waals surface area contributed by atoms with Crippen molar-refractivity contribution in [1.29, 1.82) is 0 Å². The summed E-state index contributed by atoms with van der Waals surface area (Å²) in [6.45, 7) is 0. The summed E-state index contributed by atoms with van der Waals surface area (Å²) >= 11 is 0. The number of nitrogens with zero attached hydrogens (tertiary/aromatic N) is 4. The molecule has 28 heavy (non-hydrogen) atoms. The third-order valence-corrected chi connectivity index (χ3v) is 4.34. The lowest BCUT2D eigenvalue weighted by molar-refractivity contribution is -0.137. The molecule has 0 saturated carbocycles. The molecule has 0 unspecified atom stereocenters. The normalized spacial score (nSPS) is 12.1. The molecule has 5 nitrogen and oxygen atoms in total. The van der Waals surface area contributed by atoms with Gasteiger partial charge in [-0.3, -0.25) is 4.57 Å². The minimum atomic E-state index is -4.46. The van der Waals surface area contributed by atoms with E-state index in [1.165, 1.54) is 16.9 Å². The number of benzene rings is 2. The van der Waals surface area contributed by atoms with Crippen molar-refractivity contribution >= 4 is 22.3 Å². The average Bonchev–Trinajstić information content (AvgIpc) is 3.33. The van der Waals surface area contributed by atoms with Crippen molar-refractivity contribution < 1.29 is 17.6 Å². The summed E-state index contributed by atoms with van der Waals surface area (Å²) in [6.07, 6.45) is -2.99. The summed E-state index contributed by atoms with van der Waals surface area (Å²) in [4.78, 5) is 13.6. The summed E-state index contributed by atoms with van der Waals surface area (Å²) < 4.78 is 46.7. The lowest BCUT2D eigenvalue weighted by atomic mass is 10.2. The van der Waals surface area contributed by atoms with Crippen molar-refractivity contribution in [1.82, 2.24) is 19.5 Å². The van der Waals surface area contributed by atoms with Crippen LogP contribution in [0.4, 0.5) is 13.2 Å². The zero-order chi connectivity index (χ0) is 19.3. The Kier molecular flexibility index (Phi) is 3.48. The van der Waals surface area contributed by atoms with E-state index in [-0.39, 0.29) is 5.69 Å². The third kappa shape index (κ3) is 2.61. The van der Waals surface area contributed by atoms with Crippen LogP contribution in [0.3, 0.4) is 0 Å². The van der Waals surface area contributed by atoms with Crippen LogP contribution < -0.4 is 0 Å². The molecular formula is C20H11F3N4O. The minimum Gasteiger partial charge on any atom is -0.461 e. The molecule has 0 N–H and O–H groups in total. The first kappa shape index (κ1) is 16.5. The highest BCUT2D eigenvalue weighted by Crippen LogP contribution is 2.33. The molecule has 2 aromatic carbocycles. The summed E-state index contributed by atoms with van der Waals surface area (Å²) in [5.41, 5.74) is 1.45. The number of rotatable bonds is 2. The molecule has 3 heterocycles. The number of hydrogen-bond acceptors (Lipinski definition) is 4. The Morgan fingerprint density at radius 1 is 0.821 bits per heavy atom. The second-order valence-corrected chi connectivity index (χ2v) is 6.16. The van der Waals surface area contributed by atoms with Crippen LogP contribution in [0.25, 0.3) is 39.6 Å². The topological polar surface area (TPSA) is 56.7 Å². The molecule has 0 radical (unpaired) electrons. The molecule has 0 fully saturated rings. The fourth-order valence-electron chi connectivity index (χ4n) is 3.09. The van der Waals surface area contributed by atoms with Crippen molar-refractivity contribution in [3.63, 3.8) is 0 Å². The van der Waals surface area contributed by atoms with Gasteiger partial charge in [0.25, 0.3) is 0 Å². The Labute approximate surface area is 156 Å². The largest absolute Gasteiger partial charge is 0.461 e. The number of halogens is 3. The van der Waals surface area contributed by atoms with Gasteiger partial charge in [-0.05, 0) is 42.5 Å². The molecule has 0 spiro atoms. The number of alkyl halides is 3. The third-order valence-electron chi connectivity index (χ3n) is 4.34. The standard InChI is InChI=1S/C20H11F3N4O/c21-20(22,23)12-5-3-6-13(11-12)27-18(16-9-4-10-28-16)26-17-19(27)25-15-8-2-1-7-14(15)24-17/h1-11H. The Morgan fingerprint density at radius 2 is 1.61 bits per heavy atom. The van der Waals surface area contributed by atoms with Crippen LogP contribution in [0.1, 0.15) is 5.56 Å². The molecule has 3 aromatic heterocycles. The second kappa shape index (κ2) is 5.91. The summed E-state index contributed by atoms with van der Waals surface area (Å²) in [5.74, 6) is 0.732. The SMILES string of the molecule is FC(F)(F)c1cccc(-n2c(-c3ccco3)nc3nc4ccccc4nc32)c1. The molecule has 0 bridgehead atoms. The maximum Gasteiger partial charge on any atom is 0.416 e. The summed E-state index contributed by atoms with van der Waals surface area (Å²) in [6, 6.07) is 15.6. The average molecular weight is 380 g/mol. The molecule has 138 valence electrons. The number of fused-ring (bicyclic) bond motifs is 2. The first-order chi connectivity index (χ1) is 13.5. The van der Waals surface area contributed by atoms with Crippen molar-refractivity contribution in [2.45, 2.75) is 6.18 Å². The van der Waals surface area contributed by atoms with Gasteiger partial charge in [0, 0.05) is 5.69 Å². The Morgan fingerprint density at radius 3 is 2.32 bits per heavy atom. The van der Waals surface area contributed by atoms with Gasteiger partial charge in [0.15, 0.2) is 22.9 Å². The van der Waals surface area contributed by atoms with E-state index in [2.05, 4.69) is 15.0 Å². The van der Waals surface area contributed by atoms with Gasteiger partial charge in [0.1, 0.15) is 0 Å². The van der Waals surface area contributed by atoms with Crippen molar-refractivity contribution in [3.8, 4) is 17.3 Å². The van der Waals surface area contributed by atoms with Gasteiger partial charge < -0.3 is 4.42 Å². The van der Waals surface area contributed by atoms with E-state index in [1.807, 2.05) is 12.1 Å². The Hall–Kier alpha value is -3.68. The van der Waals surface area contributed by atoms with E-state index in [1.54, 1.807) is 30.3 Å². The maximum absolute atomic E-state index is 13.2. The van der Waals surface area contributed by atoms with E-state index in [4.69, 9.17) is 4.42 Å². The van der Waals surface area contributed by atoms with Gasteiger partial charge >= 0.3 is 6.18 Å². The van der Waals surface area contributed by atoms with E-state index in [0.717, 1.165) is 12.1 Å². The van der Waals surface area contributed by atoms with Crippen LogP contribution in [0.2, 0.25) is 0 Å². The zero-order valence-electron chi connectivity index (χ0n) is 14.2. The molecule has 0 aliphatic carbocycles. The highest BCUT2D eigenvalue weighted by Gasteiger charge is 2.31. The highest BCUT2D eigenvalue weighted by molar-refractivity contribution is 5.85. The Bertz CT molecular complexity index is 1310. The lowest BCUT2D eigenvalue weighted by Gasteiger charge is -2.11. The fraction of sp³-hybridized carbons (Fsp3) is 0.0500. The molecule has 5 rings (SSSR count). The molecule has 5 aromatic rings. The maximum atomic E-state index is 13.2. The number of aromatic nitrogens is 4. The van der Waals surface area contributed by atoms with Crippen LogP contribution in [0.15, 0.2) is 71.3 Å². The minimum absolute atomic E-state index is 0.272. The van der Waals surface area contributed by atoms with Crippen LogP contribution in [-0.4, -0.2) is 19.5 Å². The van der Waals surface area contributed by atoms with Gasteiger partial charge in [0.05, 0.1) is 22.9 Å². The van der Waals surface area contributed by atoms with Gasteiger partial charge in [0.2, 0.25) is 0 Å². The van der Waals surface area contributed by atoms with E-state index >= 15 is 0 Å². The van der Waals surface area contributed by atoms with Crippen molar-refractivity contribution in [3.05, 3.63) is 72.5 Å². The first-order valence-corrected chi connectivity index (χ1v) is 8.37. The van der Waals surface area contributed by atoms with Gasteiger partial charge in [-0.2, -0.15) is 13.2 Å². The van der Waals surface area contributed by atoms with Gasteiger partial charge in [-0.25, -0.2) is 15.0 Å². The molecule has 0 atom stereocenters. The van der Waals surface area contributed by atoms with Gasteiger partial charge in [-0.15, -0.1) is 0 Å². The fourth-order valence-corrected chi connectivity index (χ4v) is 3.09. The predicted octanol–water partition coefficient (Wildman–Crippen LogP) is 5.25. The quantitative estimate of drug-likeness (QED) is 0.420. The molecule has 0 amide bonds. The van der Waals surface area contributed by atoms with E-state index < -0.39 is 11.7 Å². The molecule has 0 saturated heterocycles. The molecule has 0 aliphatic heterocycles. The first-order valence-electron chi connectivity index (χ1n) is 8.37. The smallest absolute Gasteiger partial charge is 0.416 e. The van der Waals surface area contributed by atoms with Crippen molar-refractivity contribution in [2.75, 3.05) is 0 Å². The second-order valence-electron chi connectivity index (χ2n) is 6.16. The monoisotopic (exact) mass is 380 g/mol. The summed E-state index contributed by atoms with van der Waals surface area (Å²) in [7, 11) is 0. The highest BCUT2D eigenvalue weighted by atomic mass is 19.4. The molecule has 8 heteroatoms. The van der Waals surface area contributed by atoms with E-state index in [0.29, 0.717) is 33.9 Å². The lowest BCUT2D eigenvalue weighted by Crippen LogP contribution is -2.07. The molecule has 0 aliphatic rings. The Balaban J connectivity index is 1.85. The van der Waals surface area contributed by atoms with Crippen LogP contribution >= 0.6 is 0 Å². The zero-order valence-corrected chi connectivity index (χ0v) is 14.2. The predicted molar refractivity (Wildman–Crippen MR) is 96.9 cm³/mol. The van der Waals surface area contributed by atoms with Gasteiger partial charge in [-0.1, -0.05) is 18.2 Å².